The van der Waals surface area contributed by atoms with Crippen molar-refractivity contribution < 1.29 is 4.39 Å². The lowest BCUT2D eigenvalue weighted by Crippen LogP contribution is -2.17. The van der Waals surface area contributed by atoms with Gasteiger partial charge in [-0.25, -0.2) is 4.39 Å². The Morgan fingerprint density at radius 1 is 1.39 bits per heavy atom. The third-order valence-electron chi connectivity index (χ3n) is 2.95. The Hall–Kier alpha value is -0.710. The number of thiophene rings is 1. The first-order valence-electron chi connectivity index (χ1n) is 5.85. The number of aryl methyl sites for hydroxylation is 1. The van der Waals surface area contributed by atoms with Crippen LogP contribution in [0.4, 0.5) is 4.39 Å². The highest BCUT2D eigenvalue weighted by Crippen LogP contribution is 2.24. The van der Waals surface area contributed by atoms with E-state index in [2.05, 4.69) is 38.8 Å². The maximum atomic E-state index is 13.5. The standard InChI is InChI=1S/C14H15BrFNS/c1-17-14(7-5-11-3-2-8-18-11)10-4-6-12(15)13(16)9-10/h2-4,6,8-9,14,17H,5,7H2,1H3. The summed E-state index contributed by atoms with van der Waals surface area (Å²) in [5.74, 6) is -0.205. The van der Waals surface area contributed by atoms with Gasteiger partial charge < -0.3 is 5.32 Å². The van der Waals surface area contributed by atoms with Crippen molar-refractivity contribution in [1.29, 1.82) is 0 Å². The number of hydrogen-bond donors (Lipinski definition) is 1. The predicted molar refractivity (Wildman–Crippen MR) is 78.5 cm³/mol. The molecule has 0 bridgehead atoms. The Bertz CT molecular complexity index is 499. The molecule has 1 aromatic carbocycles. The van der Waals surface area contributed by atoms with Gasteiger partial charge in [-0.05, 0) is 65.0 Å². The van der Waals surface area contributed by atoms with Gasteiger partial charge >= 0.3 is 0 Å². The summed E-state index contributed by atoms with van der Waals surface area (Å²) in [6.45, 7) is 0. The third-order valence-corrected chi connectivity index (χ3v) is 4.53. The van der Waals surface area contributed by atoms with Crippen molar-refractivity contribution in [1.82, 2.24) is 5.32 Å². The first-order valence-corrected chi connectivity index (χ1v) is 7.52. The summed E-state index contributed by atoms with van der Waals surface area (Å²) >= 11 is 4.94. The van der Waals surface area contributed by atoms with Crippen LogP contribution in [0.15, 0.2) is 40.2 Å². The first kappa shape index (κ1) is 13.7. The van der Waals surface area contributed by atoms with E-state index < -0.39 is 0 Å². The monoisotopic (exact) mass is 327 g/mol. The topological polar surface area (TPSA) is 12.0 Å². The molecule has 1 aromatic heterocycles. The number of hydrogen-bond acceptors (Lipinski definition) is 2. The largest absolute Gasteiger partial charge is 0.313 e. The Labute approximate surface area is 119 Å². The maximum absolute atomic E-state index is 13.5. The number of nitrogens with one attached hydrogen (secondary N) is 1. The predicted octanol–water partition coefficient (Wildman–Crippen LogP) is 4.54. The van der Waals surface area contributed by atoms with Gasteiger partial charge in [0, 0.05) is 10.9 Å². The molecule has 1 N–H and O–H groups in total. The molecular formula is C14H15BrFNS. The van der Waals surface area contributed by atoms with Gasteiger partial charge in [0.25, 0.3) is 0 Å². The molecule has 2 rings (SSSR count). The molecule has 18 heavy (non-hydrogen) atoms. The van der Waals surface area contributed by atoms with Gasteiger partial charge in [-0.15, -0.1) is 11.3 Å². The van der Waals surface area contributed by atoms with Crippen LogP contribution in [0.5, 0.6) is 0 Å². The van der Waals surface area contributed by atoms with Gasteiger partial charge in [0.2, 0.25) is 0 Å². The van der Waals surface area contributed by atoms with Gasteiger partial charge in [-0.1, -0.05) is 12.1 Å². The first-order chi connectivity index (χ1) is 8.70. The smallest absolute Gasteiger partial charge is 0.137 e. The van der Waals surface area contributed by atoms with Crippen molar-refractivity contribution >= 4 is 27.3 Å². The molecular weight excluding hydrogens is 313 g/mol. The molecule has 0 fully saturated rings. The van der Waals surface area contributed by atoms with E-state index in [1.54, 1.807) is 23.5 Å². The van der Waals surface area contributed by atoms with Crippen LogP contribution in [0.1, 0.15) is 22.9 Å². The molecule has 4 heteroatoms. The fourth-order valence-electron chi connectivity index (χ4n) is 1.95. The molecule has 0 aliphatic carbocycles. The minimum atomic E-state index is -0.205. The van der Waals surface area contributed by atoms with E-state index >= 15 is 0 Å². The maximum Gasteiger partial charge on any atom is 0.137 e. The average Bonchev–Trinajstić information content (AvgIpc) is 2.87. The van der Waals surface area contributed by atoms with Crippen LogP contribution in [0.3, 0.4) is 0 Å². The second-order valence-corrected chi connectivity index (χ2v) is 6.02. The number of halogens is 2. The summed E-state index contributed by atoms with van der Waals surface area (Å²) in [5, 5.41) is 5.34. The van der Waals surface area contributed by atoms with Crippen LogP contribution in [0, 0.1) is 5.82 Å². The highest BCUT2D eigenvalue weighted by atomic mass is 79.9. The zero-order chi connectivity index (χ0) is 13.0. The van der Waals surface area contributed by atoms with Gasteiger partial charge in [0.1, 0.15) is 5.82 Å². The van der Waals surface area contributed by atoms with Crippen LogP contribution in [0.25, 0.3) is 0 Å². The van der Waals surface area contributed by atoms with Crippen molar-refractivity contribution in [2.75, 3.05) is 7.05 Å². The zero-order valence-electron chi connectivity index (χ0n) is 10.1. The second kappa shape index (κ2) is 6.45. The molecule has 0 amide bonds. The van der Waals surface area contributed by atoms with E-state index in [1.165, 1.54) is 4.88 Å². The van der Waals surface area contributed by atoms with Crippen LogP contribution in [-0.2, 0) is 6.42 Å². The third kappa shape index (κ3) is 3.40. The van der Waals surface area contributed by atoms with E-state index in [4.69, 9.17) is 0 Å². The van der Waals surface area contributed by atoms with Crippen LogP contribution >= 0.6 is 27.3 Å². The van der Waals surface area contributed by atoms with E-state index in [0.29, 0.717) is 4.47 Å². The molecule has 0 radical (unpaired) electrons. The van der Waals surface area contributed by atoms with Crippen molar-refractivity contribution in [3.8, 4) is 0 Å². The van der Waals surface area contributed by atoms with E-state index in [-0.39, 0.29) is 11.9 Å². The van der Waals surface area contributed by atoms with Gasteiger partial charge in [0.05, 0.1) is 4.47 Å². The summed E-state index contributed by atoms with van der Waals surface area (Å²) in [7, 11) is 1.92. The fourth-order valence-corrected chi connectivity index (χ4v) is 2.92. The molecule has 2 aromatic rings. The van der Waals surface area contributed by atoms with Gasteiger partial charge in [0.15, 0.2) is 0 Å². The molecule has 0 saturated heterocycles. The highest BCUT2D eigenvalue weighted by molar-refractivity contribution is 9.10. The van der Waals surface area contributed by atoms with Gasteiger partial charge in [-0.3, -0.25) is 0 Å². The lowest BCUT2D eigenvalue weighted by atomic mass is 10.0. The van der Waals surface area contributed by atoms with E-state index in [0.717, 1.165) is 18.4 Å². The normalized spacial score (nSPS) is 12.6. The highest BCUT2D eigenvalue weighted by Gasteiger charge is 2.11. The Kier molecular flexibility index (Phi) is 4.92. The summed E-state index contributed by atoms with van der Waals surface area (Å²) in [5.41, 5.74) is 0.995. The molecule has 0 aliphatic heterocycles. The lowest BCUT2D eigenvalue weighted by molar-refractivity contribution is 0.543. The molecule has 1 heterocycles. The minimum absolute atomic E-state index is 0.190. The lowest BCUT2D eigenvalue weighted by Gasteiger charge is -2.16. The SMILES string of the molecule is CNC(CCc1cccs1)c1ccc(Br)c(F)c1. The van der Waals surface area contributed by atoms with Crippen molar-refractivity contribution in [3.63, 3.8) is 0 Å². The zero-order valence-corrected chi connectivity index (χ0v) is 12.5. The quantitative estimate of drug-likeness (QED) is 0.849. The fraction of sp³-hybridized carbons (Fsp3) is 0.286. The van der Waals surface area contributed by atoms with Crippen molar-refractivity contribution in [3.05, 3.63) is 56.4 Å². The van der Waals surface area contributed by atoms with Gasteiger partial charge in [-0.2, -0.15) is 0 Å². The molecule has 1 nitrogen and oxygen atoms in total. The summed E-state index contributed by atoms with van der Waals surface area (Å²) < 4.78 is 14.0. The Balaban J connectivity index is 2.05. The second-order valence-electron chi connectivity index (χ2n) is 4.13. The van der Waals surface area contributed by atoms with Crippen LogP contribution in [-0.4, -0.2) is 7.05 Å². The number of benzene rings is 1. The number of rotatable bonds is 5. The van der Waals surface area contributed by atoms with E-state index in [9.17, 15) is 4.39 Å². The molecule has 0 spiro atoms. The van der Waals surface area contributed by atoms with Crippen molar-refractivity contribution in [2.24, 2.45) is 0 Å². The molecule has 1 atom stereocenters. The molecule has 0 saturated carbocycles. The van der Waals surface area contributed by atoms with E-state index in [1.807, 2.05) is 13.1 Å². The molecule has 1 unspecified atom stereocenters. The summed E-state index contributed by atoms with van der Waals surface area (Å²) in [4.78, 5) is 1.37. The average molecular weight is 328 g/mol. The summed E-state index contributed by atoms with van der Waals surface area (Å²) in [6.07, 6.45) is 1.99. The Morgan fingerprint density at radius 3 is 2.83 bits per heavy atom. The summed E-state index contributed by atoms with van der Waals surface area (Å²) in [6, 6.07) is 9.71. The molecule has 0 aliphatic rings. The van der Waals surface area contributed by atoms with Crippen LogP contribution in [0.2, 0.25) is 0 Å². The molecule has 96 valence electrons. The Morgan fingerprint density at radius 2 is 2.22 bits per heavy atom. The minimum Gasteiger partial charge on any atom is -0.313 e. The van der Waals surface area contributed by atoms with Crippen LogP contribution < -0.4 is 5.32 Å². The van der Waals surface area contributed by atoms with Crippen molar-refractivity contribution in [2.45, 2.75) is 18.9 Å².